The molecule has 0 bridgehead atoms. The van der Waals surface area contributed by atoms with Crippen molar-refractivity contribution in [1.82, 2.24) is 10.2 Å². The highest BCUT2D eigenvalue weighted by Gasteiger charge is 2.29. The van der Waals surface area contributed by atoms with Gasteiger partial charge in [0.15, 0.2) is 5.60 Å². The van der Waals surface area contributed by atoms with Crippen LogP contribution in [0.4, 0.5) is 0 Å². The van der Waals surface area contributed by atoms with E-state index in [1.807, 2.05) is 0 Å². The smallest absolute Gasteiger partial charge is 0.263 e. The fourth-order valence-electron chi connectivity index (χ4n) is 2.39. The fraction of sp³-hybridized carbons (Fsp3) is 0.562. The first-order valence-corrected chi connectivity index (χ1v) is 7.80. The van der Waals surface area contributed by atoms with Crippen molar-refractivity contribution in [3.63, 3.8) is 0 Å². The fourth-order valence-corrected chi connectivity index (χ4v) is 2.52. The second-order valence-electron chi connectivity index (χ2n) is 5.87. The second kappa shape index (κ2) is 8.61. The van der Waals surface area contributed by atoms with Crippen molar-refractivity contribution >= 4 is 29.9 Å². The summed E-state index contributed by atoms with van der Waals surface area (Å²) in [5.41, 5.74) is -0.904. The van der Waals surface area contributed by atoms with Gasteiger partial charge in [-0.1, -0.05) is 11.6 Å². The van der Waals surface area contributed by atoms with E-state index in [-0.39, 0.29) is 18.3 Å². The lowest BCUT2D eigenvalue weighted by Gasteiger charge is -2.26. The van der Waals surface area contributed by atoms with Crippen LogP contribution in [0.25, 0.3) is 0 Å². The predicted octanol–water partition coefficient (Wildman–Crippen LogP) is 3.13. The highest BCUT2D eigenvalue weighted by atomic mass is 35.5. The molecule has 0 aliphatic carbocycles. The van der Waals surface area contributed by atoms with Crippen molar-refractivity contribution in [2.24, 2.45) is 0 Å². The van der Waals surface area contributed by atoms with Gasteiger partial charge in [-0.2, -0.15) is 0 Å². The summed E-state index contributed by atoms with van der Waals surface area (Å²) in [6.07, 6.45) is 2.53. The standard InChI is InChI=1S/C16H23ClN2O2.ClH/c1-16(2,21-14-7-5-13(17)6-8-14)15(20)18-9-12-19-10-3-4-11-19;/h5-8H,3-4,9-12H2,1-2H3,(H,18,20);1H. The Morgan fingerprint density at radius 3 is 2.45 bits per heavy atom. The lowest BCUT2D eigenvalue weighted by Crippen LogP contribution is -2.48. The molecule has 1 aliphatic rings. The third-order valence-electron chi connectivity index (χ3n) is 3.65. The van der Waals surface area contributed by atoms with Crippen LogP contribution in [-0.2, 0) is 4.79 Å². The van der Waals surface area contributed by atoms with Gasteiger partial charge in [-0.3, -0.25) is 4.79 Å². The summed E-state index contributed by atoms with van der Waals surface area (Å²) in [5.74, 6) is 0.538. The SMILES string of the molecule is CC(C)(Oc1ccc(Cl)cc1)C(=O)NCCN1CCCC1.Cl. The first kappa shape index (κ1) is 19.1. The van der Waals surface area contributed by atoms with Gasteiger partial charge >= 0.3 is 0 Å². The van der Waals surface area contributed by atoms with Crippen LogP contribution in [0.5, 0.6) is 5.75 Å². The molecule has 1 aromatic carbocycles. The van der Waals surface area contributed by atoms with E-state index in [1.54, 1.807) is 38.1 Å². The zero-order chi connectivity index (χ0) is 15.3. The molecule has 0 aromatic heterocycles. The van der Waals surface area contributed by atoms with Crippen LogP contribution < -0.4 is 10.1 Å². The highest BCUT2D eigenvalue weighted by molar-refractivity contribution is 6.30. The molecule has 1 fully saturated rings. The van der Waals surface area contributed by atoms with Gasteiger partial charge in [-0.15, -0.1) is 12.4 Å². The lowest BCUT2D eigenvalue weighted by molar-refractivity contribution is -0.134. The maximum Gasteiger partial charge on any atom is 0.263 e. The van der Waals surface area contributed by atoms with Gasteiger partial charge in [-0.25, -0.2) is 0 Å². The van der Waals surface area contributed by atoms with E-state index in [4.69, 9.17) is 16.3 Å². The van der Waals surface area contributed by atoms with Crippen LogP contribution in [0.2, 0.25) is 5.02 Å². The number of rotatable bonds is 6. The van der Waals surface area contributed by atoms with Gasteiger partial charge in [0.25, 0.3) is 5.91 Å². The first-order chi connectivity index (χ1) is 9.97. The number of hydrogen-bond acceptors (Lipinski definition) is 3. The summed E-state index contributed by atoms with van der Waals surface area (Å²) in [4.78, 5) is 14.6. The second-order valence-corrected chi connectivity index (χ2v) is 6.31. The topological polar surface area (TPSA) is 41.6 Å². The van der Waals surface area contributed by atoms with E-state index < -0.39 is 5.60 Å². The summed E-state index contributed by atoms with van der Waals surface area (Å²) in [5, 5.41) is 3.60. The van der Waals surface area contributed by atoms with Crippen LogP contribution in [0.3, 0.4) is 0 Å². The Labute approximate surface area is 143 Å². The van der Waals surface area contributed by atoms with Crippen LogP contribution >= 0.6 is 24.0 Å². The van der Waals surface area contributed by atoms with E-state index >= 15 is 0 Å². The van der Waals surface area contributed by atoms with Crippen molar-refractivity contribution in [3.8, 4) is 5.75 Å². The minimum atomic E-state index is -0.904. The van der Waals surface area contributed by atoms with Gasteiger partial charge in [0.05, 0.1) is 0 Å². The summed E-state index contributed by atoms with van der Waals surface area (Å²) in [7, 11) is 0. The number of halogens is 2. The number of carbonyl (C=O) groups excluding carboxylic acids is 1. The molecule has 1 N–H and O–H groups in total. The van der Waals surface area contributed by atoms with Gasteiger partial charge in [0.2, 0.25) is 0 Å². The highest BCUT2D eigenvalue weighted by Crippen LogP contribution is 2.21. The Morgan fingerprint density at radius 2 is 1.86 bits per heavy atom. The van der Waals surface area contributed by atoms with Crippen molar-refractivity contribution in [1.29, 1.82) is 0 Å². The lowest BCUT2D eigenvalue weighted by atomic mass is 10.1. The third-order valence-corrected chi connectivity index (χ3v) is 3.90. The van der Waals surface area contributed by atoms with Crippen molar-refractivity contribution < 1.29 is 9.53 Å². The molecule has 1 heterocycles. The number of ether oxygens (including phenoxy) is 1. The molecule has 6 heteroatoms. The van der Waals surface area contributed by atoms with Crippen LogP contribution in [0, 0.1) is 0 Å². The molecule has 1 saturated heterocycles. The number of nitrogens with one attached hydrogen (secondary N) is 1. The van der Waals surface area contributed by atoms with E-state index in [0.717, 1.165) is 19.6 Å². The largest absolute Gasteiger partial charge is 0.478 e. The normalized spacial score (nSPS) is 15.2. The summed E-state index contributed by atoms with van der Waals surface area (Å²) in [6, 6.07) is 7.03. The van der Waals surface area contributed by atoms with Crippen molar-refractivity contribution in [2.45, 2.75) is 32.3 Å². The van der Waals surface area contributed by atoms with Crippen LogP contribution in [-0.4, -0.2) is 42.6 Å². The van der Waals surface area contributed by atoms with Crippen LogP contribution in [0.15, 0.2) is 24.3 Å². The number of carbonyl (C=O) groups is 1. The molecular formula is C16H24Cl2N2O2. The Balaban J connectivity index is 0.00000242. The maximum atomic E-state index is 12.2. The van der Waals surface area contributed by atoms with Crippen molar-refractivity contribution in [3.05, 3.63) is 29.3 Å². The monoisotopic (exact) mass is 346 g/mol. The van der Waals surface area contributed by atoms with Crippen molar-refractivity contribution in [2.75, 3.05) is 26.2 Å². The zero-order valence-electron chi connectivity index (χ0n) is 13.1. The molecule has 2 rings (SSSR count). The number of hydrogen-bond donors (Lipinski definition) is 1. The number of likely N-dealkylation sites (tertiary alicyclic amines) is 1. The molecule has 0 atom stereocenters. The predicted molar refractivity (Wildman–Crippen MR) is 92.1 cm³/mol. The van der Waals surface area contributed by atoms with E-state index in [1.165, 1.54) is 12.8 Å². The number of amides is 1. The number of nitrogens with zero attached hydrogens (tertiary/aromatic N) is 1. The minimum Gasteiger partial charge on any atom is -0.478 e. The molecule has 4 nitrogen and oxygen atoms in total. The van der Waals surface area contributed by atoms with Gasteiger partial charge in [0, 0.05) is 18.1 Å². The molecular weight excluding hydrogens is 323 g/mol. The molecule has 1 aromatic rings. The Bertz CT molecular complexity index is 472. The van der Waals surface area contributed by atoms with E-state index in [2.05, 4.69) is 10.2 Å². The van der Waals surface area contributed by atoms with Gasteiger partial charge < -0.3 is 15.0 Å². The molecule has 0 radical (unpaired) electrons. The zero-order valence-corrected chi connectivity index (χ0v) is 14.7. The van der Waals surface area contributed by atoms with E-state index in [9.17, 15) is 4.79 Å². The van der Waals surface area contributed by atoms with Gasteiger partial charge in [0.1, 0.15) is 5.75 Å². The Hall–Kier alpha value is -0.970. The quantitative estimate of drug-likeness (QED) is 0.860. The summed E-state index contributed by atoms with van der Waals surface area (Å²) in [6.45, 7) is 7.38. The average Bonchev–Trinajstić information content (AvgIpc) is 2.94. The number of benzene rings is 1. The Kier molecular flexibility index (Phi) is 7.46. The minimum absolute atomic E-state index is 0. The molecule has 124 valence electrons. The Morgan fingerprint density at radius 1 is 1.27 bits per heavy atom. The molecule has 0 unspecified atom stereocenters. The molecule has 22 heavy (non-hydrogen) atoms. The average molecular weight is 347 g/mol. The van der Waals surface area contributed by atoms with Crippen LogP contribution in [0.1, 0.15) is 26.7 Å². The summed E-state index contributed by atoms with van der Waals surface area (Å²) < 4.78 is 5.76. The van der Waals surface area contributed by atoms with E-state index in [0.29, 0.717) is 17.3 Å². The summed E-state index contributed by atoms with van der Waals surface area (Å²) >= 11 is 5.84. The maximum absolute atomic E-state index is 12.2. The first-order valence-electron chi connectivity index (χ1n) is 7.42. The molecule has 1 aliphatic heterocycles. The molecule has 0 saturated carbocycles. The molecule has 0 spiro atoms. The third kappa shape index (κ3) is 5.67. The van der Waals surface area contributed by atoms with Gasteiger partial charge in [-0.05, 0) is 64.0 Å². The molecule has 1 amide bonds.